The topological polar surface area (TPSA) is 130 Å². The normalized spacial score (nSPS) is 18.7. The van der Waals surface area contributed by atoms with Gasteiger partial charge in [-0.3, -0.25) is 29.2 Å². The summed E-state index contributed by atoms with van der Waals surface area (Å²) in [6.07, 6.45) is 7.41. The summed E-state index contributed by atoms with van der Waals surface area (Å²) in [6, 6.07) is 6.13. The van der Waals surface area contributed by atoms with Gasteiger partial charge in [0.25, 0.3) is 11.8 Å². The number of hydrogen-bond donors (Lipinski definition) is 3. The molecule has 0 bridgehead atoms. The molecule has 10 nitrogen and oxygen atoms in total. The van der Waals surface area contributed by atoms with Crippen molar-refractivity contribution in [3.63, 3.8) is 0 Å². The first-order valence-electron chi connectivity index (χ1n) is 15.4. The maximum atomic E-state index is 13.3. The van der Waals surface area contributed by atoms with Crippen LogP contribution < -0.4 is 16.1 Å². The van der Waals surface area contributed by atoms with Crippen molar-refractivity contribution in [1.82, 2.24) is 26.1 Å². The van der Waals surface area contributed by atoms with Crippen molar-refractivity contribution < 1.29 is 23.9 Å². The summed E-state index contributed by atoms with van der Waals surface area (Å²) in [4.78, 5) is 56.7. The predicted octanol–water partition coefficient (Wildman–Crippen LogP) is 4.47. The standard InChI is InChI=1S/C34H47N5O5/c1-9-12-21(5)22(6)34(43)44-30(20(3)4)32(41)37-24(8)33(42)39-16-11-13-29(38-39)31(40)36-23(7)25-14-15-26-19-35-28(10-2)18-27(26)17-25/h9-10,12,14-15,17-24,29-30,38H,2,11,13,16H2,1,3-8H3,(H,36,40)(H,37,41)/t21-,22-,23-,24+,29+,30+/m1/s1. The van der Waals surface area contributed by atoms with Gasteiger partial charge in [-0.25, -0.2) is 5.43 Å². The van der Waals surface area contributed by atoms with Crippen LogP contribution in [0.3, 0.4) is 0 Å². The number of hydrazine groups is 1. The quantitative estimate of drug-likeness (QED) is 0.240. The van der Waals surface area contributed by atoms with Gasteiger partial charge in [0.2, 0.25) is 5.91 Å². The van der Waals surface area contributed by atoms with Crippen molar-refractivity contribution in [1.29, 1.82) is 0 Å². The monoisotopic (exact) mass is 605 g/mol. The van der Waals surface area contributed by atoms with Gasteiger partial charge in [0.05, 0.1) is 17.7 Å². The lowest BCUT2D eigenvalue weighted by atomic mass is 9.95. The minimum Gasteiger partial charge on any atom is -0.452 e. The molecule has 44 heavy (non-hydrogen) atoms. The third-order valence-corrected chi connectivity index (χ3v) is 8.10. The highest BCUT2D eigenvalue weighted by atomic mass is 16.5. The third-order valence-electron chi connectivity index (χ3n) is 8.10. The zero-order valence-corrected chi connectivity index (χ0v) is 26.9. The van der Waals surface area contributed by atoms with Crippen molar-refractivity contribution in [3.05, 3.63) is 60.5 Å². The number of allylic oxidation sites excluding steroid dienone is 2. The van der Waals surface area contributed by atoms with Gasteiger partial charge in [-0.2, -0.15) is 0 Å². The lowest BCUT2D eigenvalue weighted by Crippen LogP contribution is -2.61. The number of rotatable bonds is 12. The predicted molar refractivity (Wildman–Crippen MR) is 172 cm³/mol. The number of fused-ring (bicyclic) bond motifs is 1. The minimum atomic E-state index is -1.04. The Kier molecular flexibility index (Phi) is 12.2. The molecule has 0 saturated carbocycles. The molecule has 10 heteroatoms. The van der Waals surface area contributed by atoms with E-state index in [0.29, 0.717) is 19.4 Å². The van der Waals surface area contributed by atoms with Gasteiger partial charge in [-0.1, -0.05) is 58.6 Å². The van der Waals surface area contributed by atoms with Gasteiger partial charge < -0.3 is 15.4 Å². The summed E-state index contributed by atoms with van der Waals surface area (Å²) < 4.78 is 5.60. The van der Waals surface area contributed by atoms with Crippen LogP contribution in [-0.4, -0.2) is 58.4 Å². The first kappa shape index (κ1) is 34.4. The Hall–Kier alpha value is -4.05. The van der Waals surface area contributed by atoms with E-state index in [9.17, 15) is 19.2 Å². The van der Waals surface area contributed by atoms with Crippen molar-refractivity contribution in [3.8, 4) is 0 Å². The Labute approximate surface area is 260 Å². The van der Waals surface area contributed by atoms with Crippen LogP contribution in [0.15, 0.2) is 49.2 Å². The Balaban J connectivity index is 1.59. The smallest absolute Gasteiger partial charge is 0.310 e. The summed E-state index contributed by atoms with van der Waals surface area (Å²) in [5.74, 6) is -2.37. The second kappa shape index (κ2) is 15.6. The molecule has 0 aliphatic carbocycles. The zero-order chi connectivity index (χ0) is 32.6. The largest absolute Gasteiger partial charge is 0.452 e. The molecule has 2 heterocycles. The van der Waals surface area contributed by atoms with Crippen molar-refractivity contribution in [2.45, 2.75) is 85.5 Å². The molecule has 1 aliphatic heterocycles. The molecule has 3 amide bonds. The third kappa shape index (κ3) is 8.75. The molecular weight excluding hydrogens is 558 g/mol. The van der Waals surface area contributed by atoms with E-state index >= 15 is 0 Å². The van der Waals surface area contributed by atoms with Crippen LogP contribution in [0.2, 0.25) is 0 Å². The molecule has 1 saturated heterocycles. The second-order valence-corrected chi connectivity index (χ2v) is 12.0. The average molecular weight is 606 g/mol. The van der Waals surface area contributed by atoms with Crippen LogP contribution in [0.4, 0.5) is 0 Å². The van der Waals surface area contributed by atoms with Gasteiger partial charge in [0.15, 0.2) is 6.10 Å². The number of amides is 3. The molecule has 2 aromatic rings. The lowest BCUT2D eigenvalue weighted by Gasteiger charge is -2.35. The van der Waals surface area contributed by atoms with Gasteiger partial charge >= 0.3 is 5.97 Å². The van der Waals surface area contributed by atoms with Crippen LogP contribution >= 0.6 is 0 Å². The Morgan fingerprint density at radius 1 is 1.07 bits per heavy atom. The van der Waals surface area contributed by atoms with Gasteiger partial charge in [0, 0.05) is 18.1 Å². The maximum Gasteiger partial charge on any atom is 0.310 e. The van der Waals surface area contributed by atoms with Crippen LogP contribution in [0.5, 0.6) is 0 Å². The van der Waals surface area contributed by atoms with Gasteiger partial charge in [-0.05, 0) is 74.6 Å². The van der Waals surface area contributed by atoms with E-state index in [1.165, 1.54) is 5.01 Å². The maximum absolute atomic E-state index is 13.3. The number of benzene rings is 1. The number of nitrogens with zero attached hydrogens (tertiary/aromatic N) is 2. The lowest BCUT2D eigenvalue weighted by molar-refractivity contribution is -0.163. The first-order valence-corrected chi connectivity index (χ1v) is 15.4. The minimum absolute atomic E-state index is 0.0437. The number of carbonyl (C=O) groups excluding carboxylic acids is 4. The second-order valence-electron chi connectivity index (χ2n) is 12.0. The number of esters is 1. The van der Waals surface area contributed by atoms with Crippen molar-refractivity contribution in [2.24, 2.45) is 17.8 Å². The van der Waals surface area contributed by atoms with E-state index in [1.807, 2.05) is 57.2 Å². The Morgan fingerprint density at radius 3 is 2.45 bits per heavy atom. The number of aromatic nitrogens is 1. The molecule has 0 spiro atoms. The SMILES string of the molecule is C=Cc1cc2cc([C@@H](C)NC(=O)[C@@H]3CCCN(C(=O)[C@H](C)NC(=O)[C@@H](OC(=O)[C@H](C)[C@H](C)C=CC)C(C)C)N3)ccc2cn1. The molecule has 1 aromatic carbocycles. The number of hydrogen-bond acceptors (Lipinski definition) is 7. The molecular formula is C34H47N5O5. The molecule has 6 atom stereocenters. The Bertz CT molecular complexity index is 1390. The highest BCUT2D eigenvalue weighted by molar-refractivity contribution is 5.91. The molecule has 1 aliphatic rings. The van der Waals surface area contributed by atoms with Crippen LogP contribution in [-0.2, 0) is 23.9 Å². The summed E-state index contributed by atoms with van der Waals surface area (Å²) in [5, 5.41) is 9.15. The molecule has 3 N–H and O–H groups in total. The number of carbonyl (C=O) groups is 4. The molecule has 1 aromatic heterocycles. The molecule has 238 valence electrons. The summed E-state index contributed by atoms with van der Waals surface area (Å²) in [6.45, 7) is 16.8. The van der Waals surface area contributed by atoms with E-state index in [0.717, 1.165) is 22.0 Å². The van der Waals surface area contributed by atoms with E-state index in [1.54, 1.807) is 40.0 Å². The first-order chi connectivity index (χ1) is 20.9. The van der Waals surface area contributed by atoms with Crippen LogP contribution in [0.25, 0.3) is 16.8 Å². The van der Waals surface area contributed by atoms with Gasteiger partial charge in [0.1, 0.15) is 12.1 Å². The molecule has 1 fully saturated rings. The highest BCUT2D eigenvalue weighted by Crippen LogP contribution is 2.22. The Morgan fingerprint density at radius 2 is 1.80 bits per heavy atom. The fourth-order valence-electron chi connectivity index (χ4n) is 5.09. The number of ether oxygens (including phenoxy) is 1. The fourth-order valence-corrected chi connectivity index (χ4v) is 5.09. The summed E-state index contributed by atoms with van der Waals surface area (Å²) in [7, 11) is 0. The number of nitrogens with one attached hydrogen (secondary N) is 3. The highest BCUT2D eigenvalue weighted by Gasteiger charge is 2.34. The fraction of sp³-hybridized carbons (Fsp3) is 0.500. The molecule has 3 rings (SSSR count). The summed E-state index contributed by atoms with van der Waals surface area (Å²) in [5.41, 5.74) is 4.76. The van der Waals surface area contributed by atoms with E-state index in [4.69, 9.17) is 4.74 Å². The van der Waals surface area contributed by atoms with Crippen molar-refractivity contribution in [2.75, 3.05) is 6.54 Å². The van der Waals surface area contributed by atoms with E-state index < -0.39 is 36.0 Å². The van der Waals surface area contributed by atoms with E-state index in [2.05, 4.69) is 27.6 Å². The zero-order valence-electron chi connectivity index (χ0n) is 26.9. The van der Waals surface area contributed by atoms with Crippen molar-refractivity contribution >= 4 is 40.5 Å². The average Bonchev–Trinajstić information content (AvgIpc) is 3.01. The number of pyridine rings is 1. The molecule has 0 radical (unpaired) electrons. The van der Waals surface area contributed by atoms with Gasteiger partial charge in [-0.15, -0.1) is 0 Å². The van der Waals surface area contributed by atoms with E-state index in [-0.39, 0.29) is 29.7 Å². The van der Waals surface area contributed by atoms with Crippen LogP contribution in [0, 0.1) is 17.8 Å². The van der Waals surface area contributed by atoms with Crippen LogP contribution in [0.1, 0.15) is 78.6 Å². The summed E-state index contributed by atoms with van der Waals surface area (Å²) >= 11 is 0. The molecule has 0 unspecified atom stereocenters.